The summed E-state index contributed by atoms with van der Waals surface area (Å²) in [7, 11) is 0. The van der Waals surface area contributed by atoms with Crippen LogP contribution in [-0.4, -0.2) is 47.8 Å². The lowest BCUT2D eigenvalue weighted by atomic mass is 10.2. The number of hydrogen-bond donors (Lipinski definition) is 0. The van der Waals surface area contributed by atoms with Gasteiger partial charge in [0.15, 0.2) is 0 Å². The molecule has 1 aliphatic heterocycles. The number of benzene rings is 1. The summed E-state index contributed by atoms with van der Waals surface area (Å²) in [6.07, 6.45) is 2.88. The molecule has 0 aromatic heterocycles. The van der Waals surface area contributed by atoms with Gasteiger partial charge in [-0.3, -0.25) is 9.59 Å². The molecule has 1 aromatic rings. The molecule has 1 aliphatic carbocycles. The van der Waals surface area contributed by atoms with Crippen molar-refractivity contribution >= 4 is 23.4 Å². The van der Waals surface area contributed by atoms with Gasteiger partial charge in [0.2, 0.25) is 5.91 Å². The van der Waals surface area contributed by atoms with Crippen molar-refractivity contribution in [3.63, 3.8) is 0 Å². The lowest BCUT2D eigenvalue weighted by molar-refractivity contribution is -0.132. The second kappa shape index (κ2) is 6.06. The van der Waals surface area contributed by atoms with Crippen LogP contribution in [0.4, 0.5) is 0 Å². The summed E-state index contributed by atoms with van der Waals surface area (Å²) < 4.78 is 0. The number of nitrogens with zero attached hydrogens (tertiary/aromatic N) is 2. The molecule has 2 aliphatic rings. The first-order chi connectivity index (χ1) is 10.2. The van der Waals surface area contributed by atoms with E-state index in [1.807, 2.05) is 17.0 Å². The molecule has 2 amide bonds. The Hall–Kier alpha value is -1.55. The van der Waals surface area contributed by atoms with E-state index in [9.17, 15) is 9.59 Å². The minimum absolute atomic E-state index is 0.0404. The molecule has 1 heterocycles. The molecular formula is C16H19ClN2O2. The van der Waals surface area contributed by atoms with Crippen molar-refractivity contribution in [1.82, 2.24) is 9.80 Å². The Morgan fingerprint density at radius 3 is 2.38 bits per heavy atom. The largest absolute Gasteiger partial charge is 0.341 e. The first kappa shape index (κ1) is 14.4. The van der Waals surface area contributed by atoms with Gasteiger partial charge in [-0.2, -0.15) is 0 Å². The number of amides is 2. The summed E-state index contributed by atoms with van der Waals surface area (Å²) in [4.78, 5) is 28.4. The number of rotatable bonds is 2. The molecular weight excluding hydrogens is 288 g/mol. The quantitative estimate of drug-likeness (QED) is 0.842. The molecule has 0 atom stereocenters. The normalized spacial score (nSPS) is 19.3. The number of carbonyl (C=O) groups excluding carboxylic acids is 2. The third-order valence-electron chi connectivity index (χ3n) is 4.13. The highest BCUT2D eigenvalue weighted by Gasteiger charge is 2.34. The zero-order valence-electron chi connectivity index (χ0n) is 11.9. The molecule has 112 valence electrons. The zero-order chi connectivity index (χ0) is 14.8. The summed E-state index contributed by atoms with van der Waals surface area (Å²) in [5.74, 6) is 0.471. The van der Waals surface area contributed by atoms with Crippen LogP contribution >= 0.6 is 11.6 Å². The predicted octanol–water partition coefficient (Wildman–Crippen LogP) is 2.42. The molecule has 3 rings (SSSR count). The molecule has 0 N–H and O–H groups in total. The van der Waals surface area contributed by atoms with Crippen LogP contribution in [0.25, 0.3) is 0 Å². The molecule has 1 saturated heterocycles. The molecule has 1 saturated carbocycles. The van der Waals surface area contributed by atoms with Crippen molar-refractivity contribution in [3.8, 4) is 0 Å². The van der Waals surface area contributed by atoms with E-state index in [-0.39, 0.29) is 17.7 Å². The highest BCUT2D eigenvalue weighted by Crippen LogP contribution is 2.31. The van der Waals surface area contributed by atoms with Gasteiger partial charge in [-0.05, 0) is 31.4 Å². The topological polar surface area (TPSA) is 40.6 Å². The SMILES string of the molecule is O=C(c1ccccc1Cl)N1CCCN(C(=O)C2CC2)CC1. The molecule has 1 aromatic carbocycles. The van der Waals surface area contributed by atoms with Crippen LogP contribution in [0.3, 0.4) is 0 Å². The van der Waals surface area contributed by atoms with Crippen LogP contribution in [0.15, 0.2) is 24.3 Å². The molecule has 0 spiro atoms. The van der Waals surface area contributed by atoms with Gasteiger partial charge in [-0.1, -0.05) is 23.7 Å². The lowest BCUT2D eigenvalue weighted by Gasteiger charge is -2.22. The van der Waals surface area contributed by atoms with E-state index in [4.69, 9.17) is 11.6 Å². The minimum atomic E-state index is -0.0404. The van der Waals surface area contributed by atoms with Crippen molar-refractivity contribution in [3.05, 3.63) is 34.9 Å². The summed E-state index contributed by atoms with van der Waals surface area (Å²) >= 11 is 6.10. The van der Waals surface area contributed by atoms with Gasteiger partial charge in [0.05, 0.1) is 10.6 Å². The maximum absolute atomic E-state index is 12.5. The predicted molar refractivity (Wildman–Crippen MR) is 81.3 cm³/mol. The fourth-order valence-corrected chi connectivity index (χ4v) is 2.95. The molecule has 0 unspecified atom stereocenters. The van der Waals surface area contributed by atoms with E-state index in [0.29, 0.717) is 30.2 Å². The smallest absolute Gasteiger partial charge is 0.255 e. The van der Waals surface area contributed by atoms with Crippen molar-refractivity contribution in [2.45, 2.75) is 19.3 Å². The van der Waals surface area contributed by atoms with Crippen LogP contribution in [0.1, 0.15) is 29.6 Å². The maximum atomic E-state index is 12.5. The summed E-state index contributed by atoms with van der Waals surface area (Å²) in [5.41, 5.74) is 0.543. The minimum Gasteiger partial charge on any atom is -0.341 e. The standard InChI is InChI=1S/C16H19ClN2O2/c17-14-5-2-1-4-13(14)16(21)19-9-3-8-18(10-11-19)15(20)12-6-7-12/h1-2,4-5,12H,3,6-11H2. The Kier molecular flexibility index (Phi) is 4.15. The first-order valence-corrected chi connectivity index (χ1v) is 7.87. The van der Waals surface area contributed by atoms with E-state index in [1.165, 1.54) is 0 Å². The molecule has 5 heteroatoms. The highest BCUT2D eigenvalue weighted by molar-refractivity contribution is 6.33. The monoisotopic (exact) mass is 306 g/mol. The summed E-state index contributed by atoms with van der Waals surface area (Å²) in [6.45, 7) is 2.65. The lowest BCUT2D eigenvalue weighted by Crippen LogP contribution is -2.38. The second-order valence-corrected chi connectivity index (χ2v) is 6.13. The Morgan fingerprint density at radius 2 is 1.67 bits per heavy atom. The van der Waals surface area contributed by atoms with Gasteiger partial charge < -0.3 is 9.80 Å². The molecule has 0 radical (unpaired) electrons. The van der Waals surface area contributed by atoms with Crippen molar-refractivity contribution < 1.29 is 9.59 Å². The molecule has 4 nitrogen and oxygen atoms in total. The van der Waals surface area contributed by atoms with Gasteiger partial charge in [0.25, 0.3) is 5.91 Å². The number of halogens is 1. The molecule has 2 fully saturated rings. The fraction of sp³-hybridized carbons (Fsp3) is 0.500. The Bertz CT molecular complexity index is 557. The molecule has 0 bridgehead atoms. The maximum Gasteiger partial charge on any atom is 0.255 e. The van der Waals surface area contributed by atoms with Crippen LogP contribution in [0, 0.1) is 5.92 Å². The van der Waals surface area contributed by atoms with Gasteiger partial charge in [-0.25, -0.2) is 0 Å². The van der Waals surface area contributed by atoms with Crippen LogP contribution < -0.4 is 0 Å². The highest BCUT2D eigenvalue weighted by atomic mass is 35.5. The van der Waals surface area contributed by atoms with Crippen molar-refractivity contribution in [2.75, 3.05) is 26.2 Å². The molecule has 21 heavy (non-hydrogen) atoms. The number of hydrogen-bond acceptors (Lipinski definition) is 2. The van der Waals surface area contributed by atoms with Crippen molar-refractivity contribution in [1.29, 1.82) is 0 Å². The van der Waals surface area contributed by atoms with E-state index < -0.39 is 0 Å². The first-order valence-electron chi connectivity index (χ1n) is 7.49. The summed E-state index contributed by atoms with van der Waals surface area (Å²) in [5, 5.41) is 0.484. The van der Waals surface area contributed by atoms with Crippen LogP contribution in [-0.2, 0) is 4.79 Å². The van der Waals surface area contributed by atoms with Crippen LogP contribution in [0.5, 0.6) is 0 Å². The Balaban J connectivity index is 1.66. The zero-order valence-corrected chi connectivity index (χ0v) is 12.7. The third-order valence-corrected chi connectivity index (χ3v) is 4.46. The fourth-order valence-electron chi connectivity index (χ4n) is 2.73. The third kappa shape index (κ3) is 3.21. The van der Waals surface area contributed by atoms with Crippen molar-refractivity contribution in [2.24, 2.45) is 5.92 Å². The van der Waals surface area contributed by atoms with E-state index >= 15 is 0 Å². The van der Waals surface area contributed by atoms with E-state index in [2.05, 4.69) is 0 Å². The van der Waals surface area contributed by atoms with Gasteiger partial charge in [0.1, 0.15) is 0 Å². The Labute approximate surface area is 129 Å². The van der Waals surface area contributed by atoms with E-state index in [1.54, 1.807) is 17.0 Å². The Morgan fingerprint density at radius 1 is 1.00 bits per heavy atom. The van der Waals surface area contributed by atoms with Gasteiger partial charge in [0, 0.05) is 32.1 Å². The average Bonchev–Trinajstić information content (AvgIpc) is 3.33. The van der Waals surface area contributed by atoms with Crippen LogP contribution in [0.2, 0.25) is 5.02 Å². The summed E-state index contributed by atoms with van der Waals surface area (Å²) in [6, 6.07) is 7.12. The van der Waals surface area contributed by atoms with Gasteiger partial charge in [-0.15, -0.1) is 0 Å². The second-order valence-electron chi connectivity index (χ2n) is 5.73. The average molecular weight is 307 g/mol. The number of carbonyl (C=O) groups is 2. The van der Waals surface area contributed by atoms with Gasteiger partial charge >= 0.3 is 0 Å². The van der Waals surface area contributed by atoms with E-state index in [0.717, 1.165) is 25.8 Å².